The molecule has 0 bridgehead atoms. The summed E-state index contributed by atoms with van der Waals surface area (Å²) in [5.41, 5.74) is 11.7. The highest BCUT2D eigenvalue weighted by atomic mass is 79.9. The number of nitrogens with zero attached hydrogens (tertiary/aromatic N) is 1. The topological polar surface area (TPSA) is 87.5 Å². The molecule has 1 aliphatic rings. The SMILES string of the molecule is C/C(Nc1ccc(CN(C)Cc2ccc(Br)cc2)cc1)=C1/C(=O)Nc2cc(C(N)=O)ccc21. The van der Waals surface area contributed by atoms with Gasteiger partial charge in [0.05, 0.1) is 5.57 Å². The Balaban J connectivity index is 1.43. The number of benzene rings is 3. The van der Waals surface area contributed by atoms with Crippen LogP contribution in [0, 0.1) is 0 Å². The summed E-state index contributed by atoms with van der Waals surface area (Å²) in [4.78, 5) is 26.2. The van der Waals surface area contributed by atoms with Crippen molar-refractivity contribution in [3.63, 3.8) is 0 Å². The van der Waals surface area contributed by atoms with Crippen LogP contribution in [-0.2, 0) is 17.9 Å². The summed E-state index contributed by atoms with van der Waals surface area (Å²) in [5.74, 6) is -0.732. The highest BCUT2D eigenvalue weighted by Gasteiger charge is 2.27. The summed E-state index contributed by atoms with van der Waals surface area (Å²) in [6.45, 7) is 3.56. The fourth-order valence-electron chi connectivity index (χ4n) is 3.94. The largest absolute Gasteiger partial charge is 0.366 e. The minimum atomic E-state index is -0.526. The Bertz CT molecular complexity index is 1230. The van der Waals surface area contributed by atoms with Crippen molar-refractivity contribution in [3.05, 3.63) is 99.2 Å². The van der Waals surface area contributed by atoms with E-state index < -0.39 is 5.91 Å². The fraction of sp³-hybridized carbons (Fsp3) is 0.154. The molecule has 3 aromatic rings. The first-order valence-corrected chi connectivity index (χ1v) is 11.3. The maximum atomic E-state index is 12.6. The molecule has 33 heavy (non-hydrogen) atoms. The molecule has 4 rings (SSSR count). The normalized spacial score (nSPS) is 14.1. The lowest BCUT2D eigenvalue weighted by molar-refractivity contribution is -0.110. The van der Waals surface area contributed by atoms with Gasteiger partial charge < -0.3 is 16.4 Å². The Morgan fingerprint density at radius 2 is 1.61 bits per heavy atom. The van der Waals surface area contributed by atoms with E-state index in [-0.39, 0.29) is 5.91 Å². The van der Waals surface area contributed by atoms with E-state index in [0.29, 0.717) is 16.8 Å². The van der Waals surface area contributed by atoms with Crippen LogP contribution in [0.25, 0.3) is 5.57 Å². The number of hydrogen-bond donors (Lipinski definition) is 3. The Labute approximate surface area is 201 Å². The van der Waals surface area contributed by atoms with E-state index in [4.69, 9.17) is 5.73 Å². The number of amides is 2. The number of halogens is 1. The Kier molecular flexibility index (Phi) is 6.62. The minimum absolute atomic E-state index is 0.206. The summed E-state index contributed by atoms with van der Waals surface area (Å²) >= 11 is 3.47. The van der Waals surface area contributed by atoms with E-state index in [1.807, 2.05) is 19.1 Å². The van der Waals surface area contributed by atoms with Gasteiger partial charge in [-0.2, -0.15) is 0 Å². The Hall–Kier alpha value is -3.42. The lowest BCUT2D eigenvalue weighted by atomic mass is 10.0. The summed E-state index contributed by atoms with van der Waals surface area (Å²) < 4.78 is 1.08. The van der Waals surface area contributed by atoms with Crippen molar-refractivity contribution in [2.24, 2.45) is 5.73 Å². The maximum absolute atomic E-state index is 12.6. The average molecular weight is 505 g/mol. The number of allylic oxidation sites excluding steroid dienone is 1. The van der Waals surface area contributed by atoms with E-state index >= 15 is 0 Å². The van der Waals surface area contributed by atoms with Gasteiger partial charge in [-0.1, -0.05) is 46.3 Å². The minimum Gasteiger partial charge on any atom is -0.366 e. The number of anilines is 2. The van der Waals surface area contributed by atoms with Crippen molar-refractivity contribution < 1.29 is 9.59 Å². The maximum Gasteiger partial charge on any atom is 0.258 e. The number of carbonyl (C=O) groups is 2. The van der Waals surface area contributed by atoms with Crippen molar-refractivity contribution in [1.29, 1.82) is 0 Å². The van der Waals surface area contributed by atoms with Crippen LogP contribution in [0.4, 0.5) is 11.4 Å². The fourth-order valence-corrected chi connectivity index (χ4v) is 4.20. The standard InChI is InChI=1S/C26H25BrN4O2/c1-16(24-22-12-7-19(25(28)32)13-23(22)30-26(24)33)29-21-10-5-18(6-11-21)15-31(2)14-17-3-8-20(27)9-4-17/h3-13,29H,14-15H2,1-2H3,(H2,28,32)(H,30,33)/b24-16-. The molecule has 0 saturated heterocycles. The number of hydrogen-bond acceptors (Lipinski definition) is 4. The first-order valence-electron chi connectivity index (χ1n) is 10.6. The lowest BCUT2D eigenvalue weighted by Gasteiger charge is -2.17. The van der Waals surface area contributed by atoms with Crippen LogP contribution >= 0.6 is 15.9 Å². The van der Waals surface area contributed by atoms with E-state index in [2.05, 4.69) is 74.9 Å². The first kappa shape index (κ1) is 22.8. The van der Waals surface area contributed by atoms with Crippen molar-refractivity contribution in [1.82, 2.24) is 4.90 Å². The molecule has 0 spiro atoms. The second kappa shape index (κ2) is 9.60. The summed E-state index contributed by atoms with van der Waals surface area (Å²) in [7, 11) is 2.10. The van der Waals surface area contributed by atoms with Crippen molar-refractivity contribution in [2.45, 2.75) is 20.0 Å². The average Bonchev–Trinajstić information content (AvgIpc) is 3.11. The van der Waals surface area contributed by atoms with Gasteiger partial charge >= 0.3 is 0 Å². The molecule has 0 aliphatic carbocycles. The molecule has 3 aromatic carbocycles. The Morgan fingerprint density at radius 3 is 2.21 bits per heavy atom. The van der Waals surface area contributed by atoms with Crippen LogP contribution in [0.1, 0.15) is 34.0 Å². The summed E-state index contributed by atoms with van der Waals surface area (Å²) in [5, 5.41) is 6.14. The third-order valence-electron chi connectivity index (χ3n) is 5.53. The molecule has 4 N–H and O–H groups in total. The zero-order valence-electron chi connectivity index (χ0n) is 18.5. The van der Waals surface area contributed by atoms with Gasteiger partial charge in [0, 0.05) is 45.8 Å². The number of primary amides is 1. The van der Waals surface area contributed by atoms with Gasteiger partial charge in [-0.15, -0.1) is 0 Å². The quantitative estimate of drug-likeness (QED) is 0.396. The van der Waals surface area contributed by atoms with Crippen LogP contribution < -0.4 is 16.4 Å². The highest BCUT2D eigenvalue weighted by Crippen LogP contribution is 2.34. The molecule has 168 valence electrons. The van der Waals surface area contributed by atoms with Crippen LogP contribution in [0.15, 0.2) is 76.9 Å². The number of rotatable bonds is 7. The van der Waals surface area contributed by atoms with Crippen LogP contribution in [0.3, 0.4) is 0 Å². The first-order chi connectivity index (χ1) is 15.8. The van der Waals surface area contributed by atoms with E-state index in [1.165, 1.54) is 11.1 Å². The van der Waals surface area contributed by atoms with Crippen molar-refractivity contribution >= 4 is 44.7 Å². The highest BCUT2D eigenvalue weighted by molar-refractivity contribution is 9.10. The Morgan fingerprint density at radius 1 is 1.00 bits per heavy atom. The van der Waals surface area contributed by atoms with Crippen LogP contribution in [0.5, 0.6) is 0 Å². The van der Waals surface area contributed by atoms with Crippen molar-refractivity contribution in [2.75, 3.05) is 17.7 Å². The van der Waals surface area contributed by atoms with Crippen molar-refractivity contribution in [3.8, 4) is 0 Å². The van der Waals surface area contributed by atoms with Gasteiger partial charge in [0.1, 0.15) is 0 Å². The third kappa shape index (κ3) is 5.32. The number of nitrogens with one attached hydrogen (secondary N) is 2. The van der Waals surface area contributed by atoms with Gasteiger partial charge in [0.15, 0.2) is 0 Å². The summed E-state index contributed by atoms with van der Waals surface area (Å²) in [6.07, 6.45) is 0. The summed E-state index contributed by atoms with van der Waals surface area (Å²) in [6, 6.07) is 21.5. The van der Waals surface area contributed by atoms with Crippen LogP contribution in [-0.4, -0.2) is 23.8 Å². The molecule has 0 saturated carbocycles. The smallest absolute Gasteiger partial charge is 0.258 e. The van der Waals surface area contributed by atoms with Crippen LogP contribution in [0.2, 0.25) is 0 Å². The van der Waals surface area contributed by atoms with E-state index in [1.54, 1.807) is 18.2 Å². The third-order valence-corrected chi connectivity index (χ3v) is 6.06. The molecular formula is C26H25BrN4O2. The van der Waals surface area contributed by atoms with E-state index in [9.17, 15) is 9.59 Å². The van der Waals surface area contributed by atoms with Gasteiger partial charge in [0.25, 0.3) is 5.91 Å². The van der Waals surface area contributed by atoms with Gasteiger partial charge in [-0.3, -0.25) is 14.5 Å². The number of nitrogens with two attached hydrogens (primary N) is 1. The predicted octanol–water partition coefficient (Wildman–Crippen LogP) is 4.98. The molecule has 0 fully saturated rings. The predicted molar refractivity (Wildman–Crippen MR) is 136 cm³/mol. The molecule has 1 heterocycles. The lowest BCUT2D eigenvalue weighted by Crippen LogP contribution is -2.17. The molecule has 7 heteroatoms. The number of fused-ring (bicyclic) bond motifs is 1. The zero-order valence-corrected chi connectivity index (χ0v) is 20.1. The molecule has 6 nitrogen and oxygen atoms in total. The molecule has 0 atom stereocenters. The molecule has 0 radical (unpaired) electrons. The molecule has 1 aliphatic heterocycles. The van der Waals surface area contributed by atoms with Gasteiger partial charge in [-0.25, -0.2) is 0 Å². The monoisotopic (exact) mass is 504 g/mol. The zero-order chi connectivity index (χ0) is 23.5. The molecule has 2 amide bonds. The molecule has 0 unspecified atom stereocenters. The van der Waals surface area contributed by atoms with Gasteiger partial charge in [-0.05, 0) is 61.5 Å². The second-order valence-electron chi connectivity index (χ2n) is 8.20. The number of carbonyl (C=O) groups excluding carboxylic acids is 2. The van der Waals surface area contributed by atoms with Gasteiger partial charge in [0.2, 0.25) is 5.91 Å². The molecule has 0 aromatic heterocycles. The second-order valence-corrected chi connectivity index (χ2v) is 9.12. The van der Waals surface area contributed by atoms with E-state index in [0.717, 1.165) is 34.5 Å². The molecular weight excluding hydrogens is 480 g/mol.